The molecule has 28 heavy (non-hydrogen) atoms. The Morgan fingerprint density at radius 3 is 2.82 bits per heavy atom. The van der Waals surface area contributed by atoms with E-state index in [0.717, 1.165) is 29.9 Å². The highest BCUT2D eigenvalue weighted by molar-refractivity contribution is 5.92. The Hall–Kier alpha value is -3.09. The van der Waals surface area contributed by atoms with Gasteiger partial charge in [0.2, 0.25) is 5.76 Å². The molecule has 0 bridgehead atoms. The molecule has 1 aliphatic rings. The number of carbonyl (C=O) groups is 1. The minimum Gasteiger partial charge on any atom is -0.497 e. The molecule has 3 heterocycles. The molecular formula is C21H23N3O4. The van der Waals surface area contributed by atoms with Crippen molar-refractivity contribution in [3.05, 3.63) is 65.5 Å². The molecule has 7 heteroatoms. The molecule has 0 radical (unpaired) electrons. The summed E-state index contributed by atoms with van der Waals surface area (Å²) in [6.45, 7) is 3.05. The maximum Gasteiger partial charge on any atom is 0.291 e. The van der Waals surface area contributed by atoms with Crippen LogP contribution in [0, 0.1) is 6.92 Å². The van der Waals surface area contributed by atoms with Gasteiger partial charge in [-0.25, -0.2) is 9.97 Å². The number of hydrogen-bond donors (Lipinski definition) is 0. The average Bonchev–Trinajstić information content (AvgIpc) is 3.37. The van der Waals surface area contributed by atoms with Gasteiger partial charge in [0.05, 0.1) is 24.9 Å². The van der Waals surface area contributed by atoms with E-state index < -0.39 is 0 Å². The van der Waals surface area contributed by atoms with Crippen LogP contribution in [-0.2, 0) is 6.42 Å². The monoisotopic (exact) mass is 381 g/mol. The molecule has 1 aliphatic heterocycles. The maximum absolute atomic E-state index is 12.7. The van der Waals surface area contributed by atoms with Crippen molar-refractivity contribution in [2.45, 2.75) is 32.1 Å². The van der Waals surface area contributed by atoms with Crippen LogP contribution in [0.15, 0.2) is 45.7 Å². The molecule has 2 aromatic heterocycles. The Morgan fingerprint density at radius 2 is 2.11 bits per heavy atom. The Kier molecular flexibility index (Phi) is 5.14. The summed E-state index contributed by atoms with van der Waals surface area (Å²) >= 11 is 0. The zero-order valence-electron chi connectivity index (χ0n) is 16.1. The van der Waals surface area contributed by atoms with Crippen LogP contribution in [0.1, 0.15) is 52.2 Å². The Morgan fingerprint density at radius 1 is 1.29 bits per heavy atom. The molecule has 0 N–H and O–H groups in total. The molecule has 4 rings (SSSR count). The van der Waals surface area contributed by atoms with E-state index in [1.54, 1.807) is 25.1 Å². The van der Waals surface area contributed by atoms with E-state index in [1.165, 1.54) is 6.39 Å². The highest BCUT2D eigenvalue weighted by Gasteiger charge is 2.30. The summed E-state index contributed by atoms with van der Waals surface area (Å²) < 4.78 is 16.5. The number of aryl methyl sites for hydroxylation is 1. The van der Waals surface area contributed by atoms with Gasteiger partial charge < -0.3 is 18.5 Å². The van der Waals surface area contributed by atoms with E-state index in [9.17, 15) is 4.79 Å². The van der Waals surface area contributed by atoms with Crippen molar-refractivity contribution in [1.29, 1.82) is 0 Å². The summed E-state index contributed by atoms with van der Waals surface area (Å²) in [6.07, 6.45) is 5.61. The molecule has 1 aromatic carbocycles. The first kappa shape index (κ1) is 18.3. The smallest absolute Gasteiger partial charge is 0.291 e. The highest BCUT2D eigenvalue weighted by Crippen LogP contribution is 2.28. The third-order valence-corrected chi connectivity index (χ3v) is 5.11. The lowest BCUT2D eigenvalue weighted by molar-refractivity contribution is 0.0664. The number of benzene rings is 1. The number of hydrogen-bond acceptors (Lipinski definition) is 6. The van der Waals surface area contributed by atoms with Crippen LogP contribution >= 0.6 is 0 Å². The quantitative estimate of drug-likeness (QED) is 0.672. The minimum atomic E-state index is -0.121. The van der Waals surface area contributed by atoms with Crippen molar-refractivity contribution < 1.29 is 18.4 Å². The number of amides is 1. The molecule has 0 spiro atoms. The molecule has 0 saturated carbocycles. The number of ether oxygens (including phenoxy) is 1. The second kappa shape index (κ2) is 7.88. The van der Waals surface area contributed by atoms with E-state index in [2.05, 4.69) is 9.97 Å². The van der Waals surface area contributed by atoms with Crippen LogP contribution < -0.4 is 4.74 Å². The van der Waals surface area contributed by atoms with Crippen LogP contribution in [0.3, 0.4) is 0 Å². The molecule has 1 fully saturated rings. The molecule has 1 unspecified atom stereocenters. The summed E-state index contributed by atoms with van der Waals surface area (Å²) in [4.78, 5) is 23.0. The number of likely N-dealkylation sites (tertiary alicyclic amines) is 1. The highest BCUT2D eigenvalue weighted by atomic mass is 16.5. The number of oxazole rings is 2. The van der Waals surface area contributed by atoms with Crippen LogP contribution in [0.4, 0.5) is 0 Å². The van der Waals surface area contributed by atoms with E-state index >= 15 is 0 Å². The predicted octanol–water partition coefficient (Wildman–Crippen LogP) is 3.59. The fourth-order valence-electron chi connectivity index (χ4n) is 3.55. The van der Waals surface area contributed by atoms with Crippen LogP contribution in [0.2, 0.25) is 0 Å². The average molecular weight is 381 g/mol. The number of piperidine rings is 1. The molecule has 1 saturated heterocycles. The van der Waals surface area contributed by atoms with Gasteiger partial charge in [0.15, 0.2) is 12.3 Å². The van der Waals surface area contributed by atoms with Crippen LogP contribution in [0.25, 0.3) is 0 Å². The normalized spacial score (nSPS) is 16.9. The van der Waals surface area contributed by atoms with Gasteiger partial charge in [-0.1, -0.05) is 12.1 Å². The van der Waals surface area contributed by atoms with Crippen molar-refractivity contribution in [3.63, 3.8) is 0 Å². The second-order valence-electron chi connectivity index (χ2n) is 7.05. The number of rotatable bonds is 5. The first-order valence-corrected chi connectivity index (χ1v) is 9.41. The molecule has 7 nitrogen and oxygen atoms in total. The number of methoxy groups -OCH3 is 1. The molecule has 3 aromatic rings. The molecular weight excluding hydrogens is 358 g/mol. The number of nitrogens with zero attached hydrogens (tertiary/aromatic N) is 3. The van der Waals surface area contributed by atoms with Gasteiger partial charge in [-0.05, 0) is 37.5 Å². The zero-order valence-corrected chi connectivity index (χ0v) is 16.1. The standard InChI is InChI=1S/C21H23N3O4/c1-14-19(27-13-23-14)21(25)24-9-3-4-16(12-24)20-22-11-18(28-20)10-15-5-7-17(26-2)8-6-15/h5-8,11,13,16H,3-4,9-10,12H2,1-2H3. The molecule has 1 atom stereocenters. The lowest BCUT2D eigenvalue weighted by atomic mass is 9.97. The fourth-order valence-corrected chi connectivity index (χ4v) is 3.55. The van der Waals surface area contributed by atoms with Crippen LogP contribution in [0.5, 0.6) is 5.75 Å². The molecule has 0 aliphatic carbocycles. The largest absolute Gasteiger partial charge is 0.497 e. The van der Waals surface area contributed by atoms with Gasteiger partial charge in [-0.2, -0.15) is 0 Å². The third kappa shape index (κ3) is 3.78. The maximum atomic E-state index is 12.7. The fraction of sp³-hybridized carbons (Fsp3) is 0.381. The van der Waals surface area contributed by atoms with Gasteiger partial charge in [0.25, 0.3) is 5.91 Å². The van der Waals surface area contributed by atoms with Crippen molar-refractivity contribution in [3.8, 4) is 5.75 Å². The van der Waals surface area contributed by atoms with Crippen molar-refractivity contribution >= 4 is 5.91 Å². The lowest BCUT2D eigenvalue weighted by Crippen LogP contribution is -2.39. The number of carbonyl (C=O) groups excluding carboxylic acids is 1. The summed E-state index contributed by atoms with van der Waals surface area (Å²) in [5.74, 6) is 2.62. The minimum absolute atomic E-state index is 0.0885. The number of aromatic nitrogens is 2. The summed E-state index contributed by atoms with van der Waals surface area (Å²) in [5, 5.41) is 0. The summed E-state index contributed by atoms with van der Waals surface area (Å²) in [7, 11) is 1.65. The van der Waals surface area contributed by atoms with Crippen molar-refractivity contribution in [2.75, 3.05) is 20.2 Å². The SMILES string of the molecule is COc1ccc(Cc2cnc(C3CCCN(C(=O)c4ocnc4C)C3)o2)cc1. The Balaban J connectivity index is 1.42. The van der Waals surface area contributed by atoms with Crippen LogP contribution in [-0.4, -0.2) is 41.0 Å². The Bertz CT molecular complexity index is 945. The van der Waals surface area contributed by atoms with E-state index in [1.807, 2.05) is 24.3 Å². The Labute approximate surface area is 163 Å². The van der Waals surface area contributed by atoms with Crippen molar-refractivity contribution in [1.82, 2.24) is 14.9 Å². The third-order valence-electron chi connectivity index (χ3n) is 5.11. The summed E-state index contributed by atoms with van der Waals surface area (Å²) in [5.41, 5.74) is 1.75. The molecule has 146 valence electrons. The summed E-state index contributed by atoms with van der Waals surface area (Å²) in [6, 6.07) is 7.90. The lowest BCUT2D eigenvalue weighted by Gasteiger charge is -2.30. The zero-order chi connectivity index (χ0) is 19.5. The first-order valence-electron chi connectivity index (χ1n) is 9.41. The van der Waals surface area contributed by atoms with Crippen molar-refractivity contribution in [2.24, 2.45) is 0 Å². The first-order chi connectivity index (χ1) is 13.6. The molecule has 1 amide bonds. The van der Waals surface area contributed by atoms with Gasteiger partial charge in [0, 0.05) is 19.5 Å². The van der Waals surface area contributed by atoms with Gasteiger partial charge >= 0.3 is 0 Å². The van der Waals surface area contributed by atoms with Gasteiger partial charge in [0.1, 0.15) is 11.5 Å². The topological polar surface area (TPSA) is 81.6 Å². The second-order valence-corrected chi connectivity index (χ2v) is 7.05. The van der Waals surface area contributed by atoms with E-state index in [0.29, 0.717) is 36.9 Å². The van der Waals surface area contributed by atoms with E-state index in [4.69, 9.17) is 13.6 Å². The predicted molar refractivity (Wildman–Crippen MR) is 101 cm³/mol. The van der Waals surface area contributed by atoms with Gasteiger partial charge in [-0.15, -0.1) is 0 Å². The van der Waals surface area contributed by atoms with E-state index in [-0.39, 0.29) is 11.8 Å². The van der Waals surface area contributed by atoms with Gasteiger partial charge in [-0.3, -0.25) is 4.79 Å².